The molecule has 2 aromatic rings. The first-order valence-electron chi connectivity index (χ1n) is 9.24. The van der Waals surface area contributed by atoms with E-state index >= 15 is 0 Å². The Morgan fingerprint density at radius 2 is 2.00 bits per heavy atom. The van der Waals surface area contributed by atoms with E-state index in [4.69, 9.17) is 5.26 Å². The van der Waals surface area contributed by atoms with E-state index in [-0.39, 0.29) is 29.3 Å². The molecule has 5 nitrogen and oxygen atoms in total. The number of carbonyl (C=O) groups excluding carboxylic acids is 2. The number of rotatable bonds is 4. The Kier molecular flexibility index (Phi) is 5.46. The van der Waals surface area contributed by atoms with Gasteiger partial charge in [-0.25, -0.2) is 4.39 Å². The number of benzene rings is 2. The van der Waals surface area contributed by atoms with Gasteiger partial charge in [0.2, 0.25) is 5.91 Å². The number of hydrogen-bond acceptors (Lipinski definition) is 3. The molecular weight excluding hydrogens is 357 g/mol. The van der Waals surface area contributed by atoms with Crippen LogP contribution in [0.15, 0.2) is 42.5 Å². The lowest BCUT2D eigenvalue weighted by atomic mass is 9.82. The van der Waals surface area contributed by atoms with Crippen LogP contribution in [0, 0.1) is 23.1 Å². The second-order valence-electron chi connectivity index (χ2n) is 7.45. The van der Waals surface area contributed by atoms with Gasteiger partial charge in [-0.15, -0.1) is 0 Å². The minimum absolute atomic E-state index is 0.0746. The highest BCUT2D eigenvalue weighted by molar-refractivity contribution is 6.04. The average molecular weight is 379 g/mol. The van der Waals surface area contributed by atoms with E-state index in [0.717, 1.165) is 6.07 Å². The summed E-state index contributed by atoms with van der Waals surface area (Å²) in [7, 11) is 0. The molecule has 2 amide bonds. The maximum atomic E-state index is 13.6. The number of fused-ring (bicyclic) bond motifs is 1. The summed E-state index contributed by atoms with van der Waals surface area (Å²) in [6.45, 7) is 6.47. The molecule has 2 atom stereocenters. The van der Waals surface area contributed by atoms with Crippen LogP contribution in [0.1, 0.15) is 48.2 Å². The summed E-state index contributed by atoms with van der Waals surface area (Å²) < 4.78 is 13.6. The standard InChI is InChI=1S/C22H22FN3O2/c1-13(2)12-26-14(3)20(17-6-4-5-7-18(17)22(26)28)21(27)25-16-8-9-19(23)15(10-16)11-24/h4-10,13-14,20H,12H2,1-3H3,(H,25,27)/t14-,20-/m0/s1. The van der Waals surface area contributed by atoms with Gasteiger partial charge >= 0.3 is 0 Å². The number of amides is 2. The van der Waals surface area contributed by atoms with Crippen molar-refractivity contribution in [3.05, 3.63) is 65.0 Å². The van der Waals surface area contributed by atoms with Crippen molar-refractivity contribution in [3.8, 4) is 6.07 Å². The van der Waals surface area contributed by atoms with Crippen molar-refractivity contribution in [2.75, 3.05) is 11.9 Å². The largest absolute Gasteiger partial charge is 0.335 e. The van der Waals surface area contributed by atoms with Crippen LogP contribution in [0.5, 0.6) is 0 Å². The molecule has 0 spiro atoms. The van der Waals surface area contributed by atoms with Gasteiger partial charge < -0.3 is 10.2 Å². The van der Waals surface area contributed by atoms with E-state index < -0.39 is 11.7 Å². The molecule has 0 saturated carbocycles. The summed E-state index contributed by atoms with van der Waals surface area (Å²) in [5.41, 5.74) is 1.42. The van der Waals surface area contributed by atoms with Crippen LogP contribution < -0.4 is 5.32 Å². The first-order valence-corrected chi connectivity index (χ1v) is 9.24. The fourth-order valence-corrected chi connectivity index (χ4v) is 3.65. The molecule has 0 unspecified atom stereocenters. The predicted octanol–water partition coefficient (Wildman–Crippen LogP) is 3.92. The van der Waals surface area contributed by atoms with Gasteiger partial charge in [0, 0.05) is 23.8 Å². The topological polar surface area (TPSA) is 73.2 Å². The number of nitrogens with zero attached hydrogens (tertiary/aromatic N) is 2. The van der Waals surface area contributed by atoms with Crippen molar-refractivity contribution in [1.82, 2.24) is 4.90 Å². The lowest BCUT2D eigenvalue weighted by Crippen LogP contribution is -2.51. The van der Waals surface area contributed by atoms with E-state index in [0.29, 0.717) is 23.4 Å². The zero-order valence-corrected chi connectivity index (χ0v) is 16.1. The van der Waals surface area contributed by atoms with Gasteiger partial charge in [-0.1, -0.05) is 32.0 Å². The summed E-state index contributed by atoms with van der Waals surface area (Å²) >= 11 is 0. The van der Waals surface area contributed by atoms with Crippen LogP contribution >= 0.6 is 0 Å². The Hall–Kier alpha value is -3.20. The third-order valence-electron chi connectivity index (χ3n) is 4.96. The molecule has 1 aliphatic heterocycles. The molecular formula is C22H22FN3O2. The van der Waals surface area contributed by atoms with Crippen LogP contribution in [-0.2, 0) is 4.79 Å². The molecule has 0 fully saturated rings. The summed E-state index contributed by atoms with van der Waals surface area (Å²) in [6, 6.07) is 12.5. The molecule has 28 heavy (non-hydrogen) atoms. The highest BCUT2D eigenvalue weighted by atomic mass is 19.1. The number of nitriles is 1. The molecule has 1 heterocycles. The number of carbonyl (C=O) groups is 2. The van der Waals surface area contributed by atoms with Crippen LogP contribution in [0.2, 0.25) is 0 Å². The Bertz CT molecular complexity index is 964. The maximum absolute atomic E-state index is 13.6. The van der Waals surface area contributed by atoms with Gasteiger partial charge in [0.15, 0.2) is 0 Å². The van der Waals surface area contributed by atoms with E-state index in [2.05, 4.69) is 5.32 Å². The Balaban J connectivity index is 1.96. The van der Waals surface area contributed by atoms with Crippen molar-refractivity contribution in [1.29, 1.82) is 5.26 Å². The monoisotopic (exact) mass is 379 g/mol. The molecule has 144 valence electrons. The lowest BCUT2D eigenvalue weighted by Gasteiger charge is -2.40. The fraction of sp³-hybridized carbons (Fsp3) is 0.318. The predicted molar refractivity (Wildman–Crippen MR) is 104 cm³/mol. The molecule has 0 saturated heterocycles. The van der Waals surface area contributed by atoms with Crippen LogP contribution in [-0.4, -0.2) is 29.3 Å². The molecule has 0 aromatic heterocycles. The fourth-order valence-electron chi connectivity index (χ4n) is 3.65. The van der Waals surface area contributed by atoms with Gasteiger partial charge in [-0.3, -0.25) is 9.59 Å². The van der Waals surface area contributed by atoms with Gasteiger partial charge in [-0.2, -0.15) is 5.26 Å². The normalized spacial score (nSPS) is 18.6. The minimum atomic E-state index is -0.634. The maximum Gasteiger partial charge on any atom is 0.254 e. The molecule has 2 aromatic carbocycles. The van der Waals surface area contributed by atoms with E-state index in [1.807, 2.05) is 26.8 Å². The van der Waals surface area contributed by atoms with Gasteiger partial charge in [-0.05, 0) is 42.7 Å². The van der Waals surface area contributed by atoms with Crippen LogP contribution in [0.25, 0.3) is 0 Å². The third kappa shape index (κ3) is 3.61. The quantitative estimate of drug-likeness (QED) is 0.875. The smallest absolute Gasteiger partial charge is 0.254 e. The number of hydrogen-bond donors (Lipinski definition) is 1. The average Bonchev–Trinajstić information content (AvgIpc) is 2.66. The molecule has 6 heteroatoms. The van der Waals surface area contributed by atoms with E-state index in [9.17, 15) is 14.0 Å². The summed E-state index contributed by atoms with van der Waals surface area (Å²) in [5.74, 6) is -1.31. The zero-order valence-electron chi connectivity index (χ0n) is 16.1. The first-order chi connectivity index (χ1) is 13.3. The second kappa shape index (κ2) is 7.81. The molecule has 0 bridgehead atoms. The first kappa shape index (κ1) is 19.6. The lowest BCUT2D eigenvalue weighted by molar-refractivity contribution is -0.119. The minimum Gasteiger partial charge on any atom is -0.335 e. The van der Waals surface area contributed by atoms with Crippen LogP contribution in [0.4, 0.5) is 10.1 Å². The second-order valence-corrected chi connectivity index (χ2v) is 7.45. The van der Waals surface area contributed by atoms with Crippen LogP contribution in [0.3, 0.4) is 0 Å². The zero-order chi connectivity index (χ0) is 20.4. The SMILES string of the molecule is CC(C)CN1C(=O)c2ccccc2[C@@H](C(=O)Nc2ccc(F)c(C#N)c2)[C@@H]1C. The molecule has 1 N–H and O–H groups in total. The Labute approximate surface area is 163 Å². The van der Waals surface area contributed by atoms with Crippen molar-refractivity contribution in [3.63, 3.8) is 0 Å². The highest BCUT2D eigenvalue weighted by Gasteiger charge is 2.40. The molecule has 0 aliphatic carbocycles. The summed E-state index contributed by atoms with van der Waals surface area (Å²) in [5, 5.41) is 11.8. The van der Waals surface area contributed by atoms with E-state index in [1.165, 1.54) is 12.1 Å². The van der Waals surface area contributed by atoms with Crippen molar-refractivity contribution < 1.29 is 14.0 Å². The Morgan fingerprint density at radius 1 is 1.29 bits per heavy atom. The summed E-state index contributed by atoms with van der Waals surface area (Å²) in [6.07, 6.45) is 0. The van der Waals surface area contributed by atoms with E-state index in [1.54, 1.807) is 29.2 Å². The van der Waals surface area contributed by atoms with Crippen molar-refractivity contribution in [2.24, 2.45) is 5.92 Å². The highest BCUT2D eigenvalue weighted by Crippen LogP contribution is 2.34. The Morgan fingerprint density at radius 3 is 2.68 bits per heavy atom. The number of nitrogens with one attached hydrogen (secondary N) is 1. The van der Waals surface area contributed by atoms with Crippen molar-refractivity contribution in [2.45, 2.75) is 32.7 Å². The van der Waals surface area contributed by atoms with Crippen molar-refractivity contribution >= 4 is 17.5 Å². The third-order valence-corrected chi connectivity index (χ3v) is 4.96. The number of anilines is 1. The van der Waals surface area contributed by atoms with Gasteiger partial charge in [0.1, 0.15) is 11.9 Å². The molecule has 1 aliphatic rings. The van der Waals surface area contributed by atoms with Gasteiger partial charge in [0.25, 0.3) is 5.91 Å². The summed E-state index contributed by atoms with van der Waals surface area (Å²) in [4.78, 5) is 27.8. The molecule has 3 rings (SSSR count). The van der Waals surface area contributed by atoms with Gasteiger partial charge in [0.05, 0.1) is 11.5 Å². The number of halogens is 1. The molecule has 0 radical (unpaired) electrons.